The number of nitrogens with zero attached hydrogens (tertiary/aromatic N) is 5. The largest absolute Gasteiger partial charge is 0.348 e. The van der Waals surface area contributed by atoms with Crippen LogP contribution in [0.1, 0.15) is 49.2 Å². The number of carbonyl (C=O) groups is 2. The predicted octanol–water partition coefficient (Wildman–Crippen LogP) is 4.25. The highest BCUT2D eigenvalue weighted by atomic mass is 16.2. The van der Waals surface area contributed by atoms with Crippen LogP contribution in [0.2, 0.25) is 0 Å². The van der Waals surface area contributed by atoms with Crippen molar-refractivity contribution in [3.05, 3.63) is 71.0 Å². The van der Waals surface area contributed by atoms with Crippen LogP contribution in [0.4, 0.5) is 0 Å². The van der Waals surface area contributed by atoms with Gasteiger partial charge in [0.15, 0.2) is 11.4 Å². The first-order chi connectivity index (χ1) is 18.1. The molecule has 8 heteroatoms. The second kappa shape index (κ2) is 11.8. The van der Waals surface area contributed by atoms with E-state index in [9.17, 15) is 9.59 Å². The average Bonchev–Trinajstić information content (AvgIpc) is 3.31. The van der Waals surface area contributed by atoms with Crippen molar-refractivity contribution in [1.82, 2.24) is 29.9 Å². The van der Waals surface area contributed by atoms with E-state index >= 15 is 0 Å². The maximum absolute atomic E-state index is 13.4. The Morgan fingerprint density at radius 2 is 1.92 bits per heavy atom. The summed E-state index contributed by atoms with van der Waals surface area (Å²) in [5, 5.41) is 8.17. The van der Waals surface area contributed by atoms with Gasteiger partial charge in [0, 0.05) is 49.8 Å². The molecule has 0 fully saturated rings. The zero-order valence-corrected chi connectivity index (χ0v) is 23.3. The first kappa shape index (κ1) is 27.4. The van der Waals surface area contributed by atoms with Gasteiger partial charge in [0.1, 0.15) is 0 Å². The predicted molar refractivity (Wildman–Crippen MR) is 152 cm³/mol. The number of rotatable bonds is 10. The van der Waals surface area contributed by atoms with Crippen molar-refractivity contribution in [3.8, 4) is 11.3 Å². The van der Waals surface area contributed by atoms with Crippen LogP contribution in [0, 0.1) is 0 Å². The van der Waals surface area contributed by atoms with Gasteiger partial charge in [-0.05, 0) is 59.6 Å². The Hall–Kier alpha value is -3.62. The summed E-state index contributed by atoms with van der Waals surface area (Å²) in [6.45, 7) is 8.98. The summed E-state index contributed by atoms with van der Waals surface area (Å²) in [7, 11) is 6.27. The summed E-state index contributed by atoms with van der Waals surface area (Å²) in [5.41, 5.74) is 5.65. The third-order valence-corrected chi connectivity index (χ3v) is 6.71. The molecule has 0 aliphatic heterocycles. The first-order valence-corrected chi connectivity index (χ1v) is 13.1. The Morgan fingerprint density at radius 3 is 2.63 bits per heavy atom. The number of pyridine rings is 1. The number of likely N-dealkylation sites (N-methyl/N-ethyl adjacent to an activating group) is 2. The Labute approximate surface area is 225 Å². The number of Topliss-reactive ketones (excluding diaryl/α,β-unsaturated/α-hetero) is 1. The SMILES string of the molecule is CC1=CC=C(CNC(=O)c2cc(-c3cccc(CN(C)CCN(C)C)c3)nc3c2cnn3C(C)C)C(=O)C1. The lowest BCUT2D eigenvalue weighted by molar-refractivity contribution is -0.115. The standard InChI is InChI=1S/C30H38N6O2/c1-20(2)36-29-26(18-32-36)25(30(38)31-17-24-11-10-21(3)14-28(24)37)16-27(33-29)23-9-7-8-22(15-23)19-35(6)13-12-34(4)5/h7-11,15-16,18,20H,12-14,17,19H2,1-6H3,(H,31,38). The number of benzene rings is 1. The number of aromatic nitrogens is 3. The molecule has 4 rings (SSSR count). The number of hydrogen-bond donors (Lipinski definition) is 1. The first-order valence-electron chi connectivity index (χ1n) is 13.1. The third-order valence-electron chi connectivity index (χ3n) is 6.71. The zero-order valence-electron chi connectivity index (χ0n) is 23.3. The molecule has 0 atom stereocenters. The third kappa shape index (κ3) is 6.44. The van der Waals surface area contributed by atoms with Crippen LogP contribution in [-0.4, -0.2) is 77.0 Å². The van der Waals surface area contributed by atoms with E-state index in [0.717, 1.165) is 36.5 Å². The van der Waals surface area contributed by atoms with Crippen molar-refractivity contribution in [3.63, 3.8) is 0 Å². The highest BCUT2D eigenvalue weighted by molar-refractivity contribution is 6.07. The summed E-state index contributed by atoms with van der Waals surface area (Å²) >= 11 is 0. The molecule has 1 aliphatic carbocycles. The molecule has 2 aromatic heterocycles. The molecule has 0 bridgehead atoms. The quantitative estimate of drug-likeness (QED) is 0.436. The Bertz CT molecular complexity index is 1400. The van der Waals surface area contributed by atoms with Crippen molar-refractivity contribution < 1.29 is 9.59 Å². The van der Waals surface area contributed by atoms with E-state index in [4.69, 9.17) is 4.98 Å². The lowest BCUT2D eigenvalue weighted by Gasteiger charge is -2.19. The fraction of sp³-hybridized carbons (Fsp3) is 0.400. The molecule has 1 amide bonds. The van der Waals surface area contributed by atoms with Gasteiger partial charge >= 0.3 is 0 Å². The Morgan fingerprint density at radius 1 is 1.13 bits per heavy atom. The number of fused-ring (bicyclic) bond motifs is 1. The van der Waals surface area contributed by atoms with Crippen LogP contribution in [0.5, 0.6) is 0 Å². The van der Waals surface area contributed by atoms with E-state index in [1.165, 1.54) is 5.56 Å². The maximum Gasteiger partial charge on any atom is 0.252 e. The second-order valence-corrected chi connectivity index (χ2v) is 10.7. The van der Waals surface area contributed by atoms with E-state index in [-0.39, 0.29) is 24.3 Å². The lowest BCUT2D eigenvalue weighted by Crippen LogP contribution is -2.28. The molecule has 1 aromatic carbocycles. The van der Waals surface area contributed by atoms with E-state index < -0.39 is 0 Å². The molecule has 1 N–H and O–H groups in total. The van der Waals surface area contributed by atoms with Gasteiger partial charge in [-0.1, -0.05) is 35.9 Å². The van der Waals surface area contributed by atoms with Gasteiger partial charge in [-0.3, -0.25) is 9.59 Å². The van der Waals surface area contributed by atoms with Gasteiger partial charge in [0.25, 0.3) is 5.91 Å². The molecule has 0 saturated carbocycles. The van der Waals surface area contributed by atoms with Gasteiger partial charge in [-0.25, -0.2) is 9.67 Å². The van der Waals surface area contributed by atoms with Crippen molar-refractivity contribution in [2.75, 3.05) is 40.8 Å². The molecule has 2 heterocycles. The van der Waals surface area contributed by atoms with Crippen molar-refractivity contribution >= 4 is 22.7 Å². The molecule has 0 unspecified atom stereocenters. The van der Waals surface area contributed by atoms with Crippen LogP contribution in [0.25, 0.3) is 22.3 Å². The minimum atomic E-state index is -0.249. The molecular weight excluding hydrogens is 476 g/mol. The van der Waals surface area contributed by atoms with Crippen molar-refractivity contribution in [2.45, 2.75) is 39.8 Å². The summed E-state index contributed by atoms with van der Waals surface area (Å²) in [6, 6.07) is 10.2. The highest BCUT2D eigenvalue weighted by Crippen LogP contribution is 2.27. The van der Waals surface area contributed by atoms with E-state index in [2.05, 4.69) is 53.5 Å². The van der Waals surface area contributed by atoms with Crippen molar-refractivity contribution in [2.24, 2.45) is 0 Å². The number of carbonyl (C=O) groups excluding carboxylic acids is 2. The number of allylic oxidation sites excluding steroid dienone is 3. The van der Waals surface area contributed by atoms with Gasteiger partial charge in [0.2, 0.25) is 0 Å². The van der Waals surface area contributed by atoms with Crippen LogP contribution in [0.3, 0.4) is 0 Å². The number of amides is 1. The Kier molecular flexibility index (Phi) is 8.54. The molecule has 1 aliphatic rings. The van der Waals surface area contributed by atoms with E-state index in [1.54, 1.807) is 12.3 Å². The summed E-state index contributed by atoms with van der Waals surface area (Å²) < 4.78 is 1.84. The molecule has 0 saturated heterocycles. The minimum Gasteiger partial charge on any atom is -0.348 e. The topological polar surface area (TPSA) is 83.4 Å². The van der Waals surface area contributed by atoms with Gasteiger partial charge in [-0.15, -0.1) is 0 Å². The summed E-state index contributed by atoms with van der Waals surface area (Å²) in [5.74, 6) is -0.202. The smallest absolute Gasteiger partial charge is 0.252 e. The highest BCUT2D eigenvalue weighted by Gasteiger charge is 2.20. The van der Waals surface area contributed by atoms with E-state index in [1.807, 2.05) is 49.7 Å². The van der Waals surface area contributed by atoms with Gasteiger partial charge < -0.3 is 15.1 Å². The molecule has 200 valence electrons. The minimum absolute atomic E-state index is 0.0471. The fourth-order valence-corrected chi connectivity index (χ4v) is 4.51. The summed E-state index contributed by atoms with van der Waals surface area (Å²) in [4.78, 5) is 35.2. The maximum atomic E-state index is 13.4. The summed E-state index contributed by atoms with van der Waals surface area (Å²) in [6.07, 6.45) is 5.83. The monoisotopic (exact) mass is 514 g/mol. The second-order valence-electron chi connectivity index (χ2n) is 10.7. The van der Waals surface area contributed by atoms with Crippen LogP contribution in [-0.2, 0) is 11.3 Å². The zero-order chi connectivity index (χ0) is 27.4. The molecule has 0 radical (unpaired) electrons. The van der Waals surface area contributed by atoms with Crippen molar-refractivity contribution in [1.29, 1.82) is 0 Å². The molecule has 0 spiro atoms. The van der Waals surface area contributed by atoms with Crippen LogP contribution >= 0.6 is 0 Å². The van der Waals surface area contributed by atoms with Crippen LogP contribution in [0.15, 0.2) is 59.8 Å². The molecule has 38 heavy (non-hydrogen) atoms. The normalized spacial score (nSPS) is 14.0. The lowest BCUT2D eigenvalue weighted by atomic mass is 9.98. The van der Waals surface area contributed by atoms with Gasteiger partial charge in [0.05, 0.1) is 22.8 Å². The fourth-order valence-electron chi connectivity index (χ4n) is 4.51. The average molecular weight is 515 g/mol. The van der Waals surface area contributed by atoms with Gasteiger partial charge in [-0.2, -0.15) is 5.10 Å². The molecule has 3 aromatic rings. The van der Waals surface area contributed by atoms with E-state index in [0.29, 0.717) is 28.6 Å². The number of hydrogen-bond acceptors (Lipinski definition) is 6. The number of nitrogens with one attached hydrogen (secondary N) is 1. The van der Waals surface area contributed by atoms with Crippen LogP contribution < -0.4 is 5.32 Å². The molecular formula is C30H38N6O2. The number of ketones is 1. The Balaban J connectivity index is 1.65. The molecule has 8 nitrogen and oxygen atoms in total.